The predicted octanol–water partition coefficient (Wildman–Crippen LogP) is 2.28. The van der Waals surface area contributed by atoms with Crippen molar-refractivity contribution in [3.8, 4) is 0 Å². The molecular weight excluding hydrogens is 262 g/mol. The monoisotopic (exact) mass is 285 g/mol. The molecule has 4 atom stereocenters. The molecule has 2 fully saturated rings. The molecule has 0 spiro atoms. The number of carboxylic acid groups (broad SMARTS) is 1. The molecule has 0 aromatic heterocycles. The lowest BCUT2D eigenvalue weighted by molar-refractivity contribution is -0.149. The zero-order valence-corrected chi connectivity index (χ0v) is 12.2. The molecule has 4 nitrogen and oxygen atoms in total. The Balaban J connectivity index is 1.89. The van der Waals surface area contributed by atoms with Crippen LogP contribution in [0.15, 0.2) is 0 Å². The molecule has 108 valence electrons. The SMILES string of the molecule is CSC1CCC(NC(=O)C2CCCCC2C(=O)O)C1. The van der Waals surface area contributed by atoms with Crippen molar-refractivity contribution >= 4 is 23.6 Å². The fraction of sp³-hybridized carbons (Fsp3) is 0.857. The average Bonchev–Trinajstić information content (AvgIpc) is 2.86. The molecule has 0 bridgehead atoms. The maximum atomic E-state index is 12.3. The summed E-state index contributed by atoms with van der Waals surface area (Å²) in [5.41, 5.74) is 0. The number of thioether (sulfide) groups is 1. The number of carbonyl (C=O) groups is 2. The molecule has 4 unspecified atom stereocenters. The third-order valence-electron chi connectivity index (χ3n) is 4.48. The first-order chi connectivity index (χ1) is 9.11. The summed E-state index contributed by atoms with van der Waals surface area (Å²) in [6.45, 7) is 0. The van der Waals surface area contributed by atoms with Crippen molar-refractivity contribution in [2.45, 2.75) is 56.2 Å². The number of rotatable bonds is 4. The molecule has 0 heterocycles. The van der Waals surface area contributed by atoms with Crippen LogP contribution in [0.4, 0.5) is 0 Å². The van der Waals surface area contributed by atoms with E-state index in [1.54, 1.807) is 0 Å². The number of hydrogen-bond donors (Lipinski definition) is 2. The number of carboxylic acids is 1. The van der Waals surface area contributed by atoms with Crippen molar-refractivity contribution in [3.63, 3.8) is 0 Å². The highest BCUT2D eigenvalue weighted by Crippen LogP contribution is 2.32. The van der Waals surface area contributed by atoms with Gasteiger partial charge in [0.05, 0.1) is 11.8 Å². The molecule has 0 aromatic carbocycles. The number of nitrogens with one attached hydrogen (secondary N) is 1. The summed E-state index contributed by atoms with van der Waals surface area (Å²) >= 11 is 1.86. The number of hydrogen-bond acceptors (Lipinski definition) is 3. The molecule has 0 radical (unpaired) electrons. The van der Waals surface area contributed by atoms with Crippen LogP contribution >= 0.6 is 11.8 Å². The molecule has 1 amide bonds. The van der Waals surface area contributed by atoms with E-state index in [0.717, 1.165) is 38.5 Å². The highest BCUT2D eigenvalue weighted by Gasteiger charge is 2.37. The summed E-state index contributed by atoms with van der Waals surface area (Å²) in [5.74, 6) is -1.64. The minimum absolute atomic E-state index is 0.0288. The molecule has 2 N–H and O–H groups in total. The number of carbonyl (C=O) groups excluding carboxylic acids is 1. The van der Waals surface area contributed by atoms with Gasteiger partial charge in [0.15, 0.2) is 0 Å². The van der Waals surface area contributed by atoms with Crippen LogP contribution in [0.3, 0.4) is 0 Å². The molecule has 2 aliphatic rings. The van der Waals surface area contributed by atoms with E-state index in [-0.39, 0.29) is 17.9 Å². The zero-order valence-electron chi connectivity index (χ0n) is 11.4. The van der Waals surface area contributed by atoms with Crippen molar-refractivity contribution in [1.29, 1.82) is 0 Å². The van der Waals surface area contributed by atoms with Gasteiger partial charge in [0.2, 0.25) is 5.91 Å². The van der Waals surface area contributed by atoms with Gasteiger partial charge in [0.1, 0.15) is 0 Å². The third-order valence-corrected chi connectivity index (χ3v) is 5.58. The van der Waals surface area contributed by atoms with Crippen LogP contribution in [0.1, 0.15) is 44.9 Å². The first kappa shape index (κ1) is 14.7. The van der Waals surface area contributed by atoms with Crippen molar-refractivity contribution in [2.75, 3.05) is 6.26 Å². The zero-order chi connectivity index (χ0) is 13.8. The van der Waals surface area contributed by atoms with Crippen LogP contribution in [0.25, 0.3) is 0 Å². The van der Waals surface area contributed by atoms with E-state index in [1.807, 2.05) is 11.8 Å². The van der Waals surface area contributed by atoms with E-state index in [1.165, 1.54) is 0 Å². The molecule has 2 rings (SSSR count). The maximum Gasteiger partial charge on any atom is 0.307 e. The molecule has 19 heavy (non-hydrogen) atoms. The van der Waals surface area contributed by atoms with Crippen LogP contribution < -0.4 is 5.32 Å². The minimum atomic E-state index is -0.812. The first-order valence-electron chi connectivity index (χ1n) is 7.17. The van der Waals surface area contributed by atoms with Crippen molar-refractivity contribution in [3.05, 3.63) is 0 Å². The molecule has 5 heteroatoms. The molecule has 0 aliphatic heterocycles. The van der Waals surface area contributed by atoms with Crippen molar-refractivity contribution < 1.29 is 14.7 Å². The molecule has 0 aromatic rings. The first-order valence-corrected chi connectivity index (χ1v) is 8.46. The lowest BCUT2D eigenvalue weighted by Gasteiger charge is -2.28. The molecule has 2 aliphatic carbocycles. The van der Waals surface area contributed by atoms with E-state index in [9.17, 15) is 14.7 Å². The van der Waals surface area contributed by atoms with E-state index in [4.69, 9.17) is 0 Å². The Labute approximate surface area is 118 Å². The lowest BCUT2D eigenvalue weighted by Crippen LogP contribution is -2.43. The van der Waals surface area contributed by atoms with E-state index in [2.05, 4.69) is 11.6 Å². The van der Waals surface area contributed by atoms with Crippen LogP contribution in [0, 0.1) is 11.8 Å². The fourth-order valence-electron chi connectivity index (χ4n) is 3.33. The molecule has 0 saturated heterocycles. The topological polar surface area (TPSA) is 66.4 Å². The van der Waals surface area contributed by atoms with Gasteiger partial charge in [0.25, 0.3) is 0 Å². The highest BCUT2D eigenvalue weighted by molar-refractivity contribution is 7.99. The van der Waals surface area contributed by atoms with Gasteiger partial charge in [-0.2, -0.15) is 11.8 Å². The summed E-state index contributed by atoms with van der Waals surface area (Å²) in [7, 11) is 0. The number of amides is 1. The summed E-state index contributed by atoms with van der Waals surface area (Å²) in [6, 6.07) is 0.251. The Kier molecular flexibility index (Phi) is 5.13. The average molecular weight is 285 g/mol. The predicted molar refractivity (Wildman–Crippen MR) is 76.2 cm³/mol. The largest absolute Gasteiger partial charge is 0.481 e. The van der Waals surface area contributed by atoms with Gasteiger partial charge in [-0.3, -0.25) is 9.59 Å². The second-order valence-electron chi connectivity index (χ2n) is 5.71. The Morgan fingerprint density at radius 1 is 1.11 bits per heavy atom. The fourth-order valence-corrected chi connectivity index (χ4v) is 4.13. The van der Waals surface area contributed by atoms with Gasteiger partial charge < -0.3 is 10.4 Å². The van der Waals surface area contributed by atoms with E-state index < -0.39 is 11.9 Å². The van der Waals surface area contributed by atoms with E-state index in [0.29, 0.717) is 11.7 Å². The maximum absolute atomic E-state index is 12.3. The summed E-state index contributed by atoms with van der Waals surface area (Å²) in [4.78, 5) is 23.5. The Hall–Kier alpha value is -0.710. The van der Waals surface area contributed by atoms with Gasteiger partial charge in [-0.15, -0.1) is 0 Å². The quantitative estimate of drug-likeness (QED) is 0.831. The lowest BCUT2D eigenvalue weighted by atomic mass is 9.78. The van der Waals surface area contributed by atoms with Crippen LogP contribution in [0.2, 0.25) is 0 Å². The summed E-state index contributed by atoms with van der Waals surface area (Å²) < 4.78 is 0. The van der Waals surface area contributed by atoms with E-state index >= 15 is 0 Å². The van der Waals surface area contributed by atoms with Crippen LogP contribution in [-0.4, -0.2) is 34.5 Å². The summed E-state index contributed by atoms with van der Waals surface area (Å²) in [6.07, 6.45) is 8.58. The minimum Gasteiger partial charge on any atom is -0.481 e. The molecule has 2 saturated carbocycles. The van der Waals surface area contributed by atoms with Gasteiger partial charge in [-0.1, -0.05) is 12.8 Å². The van der Waals surface area contributed by atoms with Crippen LogP contribution in [-0.2, 0) is 9.59 Å². The Morgan fingerprint density at radius 3 is 2.37 bits per heavy atom. The normalized spacial score (nSPS) is 35.0. The van der Waals surface area contributed by atoms with Crippen molar-refractivity contribution in [1.82, 2.24) is 5.32 Å². The van der Waals surface area contributed by atoms with Crippen molar-refractivity contribution in [2.24, 2.45) is 11.8 Å². The van der Waals surface area contributed by atoms with Gasteiger partial charge >= 0.3 is 5.97 Å². The highest BCUT2D eigenvalue weighted by atomic mass is 32.2. The second kappa shape index (κ2) is 6.64. The Morgan fingerprint density at radius 2 is 1.79 bits per heavy atom. The standard InChI is InChI=1S/C14H23NO3S/c1-19-10-7-6-9(8-10)15-13(16)11-4-2-3-5-12(11)14(17)18/h9-12H,2-8H2,1H3,(H,15,16)(H,17,18). The smallest absolute Gasteiger partial charge is 0.307 e. The number of aliphatic carboxylic acids is 1. The second-order valence-corrected chi connectivity index (χ2v) is 6.85. The van der Waals surface area contributed by atoms with Gasteiger partial charge in [0, 0.05) is 11.3 Å². The Bertz CT molecular complexity index is 348. The third kappa shape index (κ3) is 3.65. The molecular formula is C14H23NO3S. The summed E-state index contributed by atoms with van der Waals surface area (Å²) in [5, 5.41) is 12.9. The van der Waals surface area contributed by atoms with Gasteiger partial charge in [-0.25, -0.2) is 0 Å². The van der Waals surface area contributed by atoms with Crippen LogP contribution in [0.5, 0.6) is 0 Å². The van der Waals surface area contributed by atoms with Gasteiger partial charge in [-0.05, 0) is 38.4 Å².